The van der Waals surface area contributed by atoms with Crippen molar-refractivity contribution in [1.29, 1.82) is 0 Å². The van der Waals surface area contributed by atoms with Gasteiger partial charge in [-0.15, -0.1) is 0 Å². The van der Waals surface area contributed by atoms with Crippen molar-refractivity contribution in [3.05, 3.63) is 0 Å². The van der Waals surface area contributed by atoms with E-state index >= 15 is 0 Å². The summed E-state index contributed by atoms with van der Waals surface area (Å²) in [5.74, 6) is 9.85. The quantitative estimate of drug-likeness (QED) is 0.601. The molecule has 0 heterocycles. The highest BCUT2D eigenvalue weighted by atomic mass is 16.3. The van der Waals surface area contributed by atoms with E-state index in [9.17, 15) is 5.11 Å². The van der Waals surface area contributed by atoms with Gasteiger partial charge in [-0.3, -0.25) is 0 Å². The van der Waals surface area contributed by atoms with E-state index in [1.165, 1.54) is 0 Å². The second-order valence-electron chi connectivity index (χ2n) is 2.39. The van der Waals surface area contributed by atoms with Gasteiger partial charge in [0.1, 0.15) is 12.7 Å². The molecule has 0 aliphatic rings. The second kappa shape index (κ2) is 8.14. The molecule has 0 aliphatic carbocycles. The fourth-order valence-corrected chi connectivity index (χ4v) is 0.673. The first kappa shape index (κ1) is 11.0. The van der Waals surface area contributed by atoms with E-state index in [4.69, 9.17) is 5.11 Å². The van der Waals surface area contributed by atoms with Crippen molar-refractivity contribution in [1.82, 2.24) is 0 Å². The minimum Gasteiger partial charge on any atom is -0.384 e. The molecule has 0 aromatic carbocycles. The van der Waals surface area contributed by atoms with E-state index in [0.717, 1.165) is 12.8 Å². The van der Waals surface area contributed by atoms with Crippen LogP contribution in [0, 0.1) is 23.7 Å². The van der Waals surface area contributed by atoms with Crippen molar-refractivity contribution in [2.75, 3.05) is 6.61 Å². The molecule has 0 rings (SSSR count). The topological polar surface area (TPSA) is 40.5 Å². The van der Waals surface area contributed by atoms with Gasteiger partial charge in [-0.05, 0) is 18.3 Å². The molecule has 2 N–H and O–H groups in total. The number of aliphatic hydroxyl groups excluding tert-OH is 2. The van der Waals surface area contributed by atoms with Crippen LogP contribution in [0.5, 0.6) is 0 Å². The Morgan fingerprint density at radius 3 is 2.67 bits per heavy atom. The van der Waals surface area contributed by atoms with E-state index < -0.39 is 6.10 Å². The fourth-order valence-electron chi connectivity index (χ4n) is 0.673. The molecular formula is C10H14O2. The van der Waals surface area contributed by atoms with Crippen LogP contribution in [0.25, 0.3) is 0 Å². The standard InChI is InChI=1S/C10H14O2/c1-2-3-7-10(12)8-5-4-6-9-11/h10-12H,2-3,7,9H2,1H3/t10-/m1/s1. The molecule has 1 atom stereocenters. The van der Waals surface area contributed by atoms with Gasteiger partial charge in [-0.2, -0.15) is 0 Å². The molecule has 2 heteroatoms. The largest absolute Gasteiger partial charge is 0.384 e. The second-order valence-corrected chi connectivity index (χ2v) is 2.39. The maximum absolute atomic E-state index is 9.18. The van der Waals surface area contributed by atoms with Crippen LogP contribution in [0.3, 0.4) is 0 Å². The molecule has 12 heavy (non-hydrogen) atoms. The van der Waals surface area contributed by atoms with E-state index in [1.807, 2.05) is 0 Å². The van der Waals surface area contributed by atoms with Crippen LogP contribution in [0.4, 0.5) is 0 Å². The van der Waals surface area contributed by atoms with Gasteiger partial charge < -0.3 is 10.2 Å². The normalized spacial score (nSPS) is 10.6. The minimum absolute atomic E-state index is 0.181. The van der Waals surface area contributed by atoms with Crippen LogP contribution in [-0.2, 0) is 0 Å². The Morgan fingerprint density at radius 2 is 2.08 bits per heavy atom. The molecule has 66 valence electrons. The molecule has 0 fully saturated rings. The van der Waals surface area contributed by atoms with Crippen LogP contribution in [0.2, 0.25) is 0 Å². The third kappa shape index (κ3) is 7.15. The molecular weight excluding hydrogens is 152 g/mol. The van der Waals surface area contributed by atoms with Gasteiger partial charge in [0.2, 0.25) is 0 Å². The first-order chi connectivity index (χ1) is 5.81. The van der Waals surface area contributed by atoms with Crippen molar-refractivity contribution in [3.8, 4) is 23.7 Å². The average Bonchev–Trinajstić information content (AvgIpc) is 2.09. The molecule has 0 bridgehead atoms. The molecule has 2 nitrogen and oxygen atoms in total. The first-order valence-corrected chi connectivity index (χ1v) is 4.08. The zero-order valence-corrected chi connectivity index (χ0v) is 7.30. The highest BCUT2D eigenvalue weighted by molar-refractivity contribution is 5.27. The van der Waals surface area contributed by atoms with Crippen LogP contribution in [0.15, 0.2) is 0 Å². The first-order valence-electron chi connectivity index (χ1n) is 4.08. The summed E-state index contributed by atoms with van der Waals surface area (Å²) >= 11 is 0. The third-order valence-corrected chi connectivity index (χ3v) is 1.30. The van der Waals surface area contributed by atoms with Crippen molar-refractivity contribution in [2.24, 2.45) is 0 Å². The predicted molar refractivity (Wildman–Crippen MR) is 48.2 cm³/mol. The van der Waals surface area contributed by atoms with E-state index in [0.29, 0.717) is 6.42 Å². The number of aliphatic hydroxyl groups is 2. The van der Waals surface area contributed by atoms with Crippen LogP contribution < -0.4 is 0 Å². The minimum atomic E-state index is -0.571. The Morgan fingerprint density at radius 1 is 1.33 bits per heavy atom. The van der Waals surface area contributed by atoms with E-state index in [1.54, 1.807) is 0 Å². The van der Waals surface area contributed by atoms with Crippen molar-refractivity contribution < 1.29 is 10.2 Å². The highest BCUT2D eigenvalue weighted by Crippen LogP contribution is 1.97. The molecule has 0 unspecified atom stereocenters. The van der Waals surface area contributed by atoms with Gasteiger partial charge in [-0.25, -0.2) is 0 Å². The number of rotatable bonds is 3. The fraction of sp³-hybridized carbons (Fsp3) is 0.600. The summed E-state index contributed by atoms with van der Waals surface area (Å²) in [6.07, 6.45) is 2.16. The summed E-state index contributed by atoms with van der Waals surface area (Å²) in [7, 11) is 0. The molecule has 0 saturated heterocycles. The highest BCUT2D eigenvalue weighted by Gasteiger charge is 1.95. The molecule has 0 radical (unpaired) electrons. The molecule has 0 aromatic heterocycles. The molecule has 0 saturated carbocycles. The molecule has 0 spiro atoms. The maximum Gasteiger partial charge on any atom is 0.115 e. The lowest BCUT2D eigenvalue weighted by atomic mass is 10.2. The molecule has 0 amide bonds. The third-order valence-electron chi connectivity index (χ3n) is 1.30. The average molecular weight is 166 g/mol. The predicted octanol–water partition coefficient (Wildman–Crippen LogP) is 0.537. The summed E-state index contributed by atoms with van der Waals surface area (Å²) in [4.78, 5) is 0. The Balaban J connectivity index is 3.63. The van der Waals surface area contributed by atoms with Gasteiger partial charge >= 0.3 is 0 Å². The maximum atomic E-state index is 9.18. The number of unbranched alkanes of at least 4 members (excludes halogenated alkanes) is 1. The number of hydrogen-bond donors (Lipinski definition) is 2. The van der Waals surface area contributed by atoms with Gasteiger partial charge in [0.15, 0.2) is 0 Å². The van der Waals surface area contributed by atoms with Crippen molar-refractivity contribution >= 4 is 0 Å². The SMILES string of the molecule is CCCC[C@@H](O)C#CC#CCO. The van der Waals surface area contributed by atoms with Gasteiger partial charge in [0, 0.05) is 0 Å². The van der Waals surface area contributed by atoms with Crippen LogP contribution >= 0.6 is 0 Å². The monoisotopic (exact) mass is 166 g/mol. The van der Waals surface area contributed by atoms with Gasteiger partial charge in [0.05, 0.1) is 0 Å². The Kier molecular flexibility index (Phi) is 7.49. The number of hydrogen-bond acceptors (Lipinski definition) is 2. The molecule has 0 aliphatic heterocycles. The smallest absolute Gasteiger partial charge is 0.115 e. The van der Waals surface area contributed by atoms with Crippen LogP contribution in [0.1, 0.15) is 26.2 Å². The lowest BCUT2D eigenvalue weighted by molar-refractivity contribution is 0.218. The van der Waals surface area contributed by atoms with E-state index in [2.05, 4.69) is 30.6 Å². The summed E-state index contributed by atoms with van der Waals surface area (Å²) in [5, 5.41) is 17.4. The summed E-state index contributed by atoms with van der Waals surface area (Å²) in [5.41, 5.74) is 0. The summed E-state index contributed by atoms with van der Waals surface area (Å²) in [6, 6.07) is 0. The molecule has 0 aromatic rings. The van der Waals surface area contributed by atoms with Crippen molar-refractivity contribution in [3.63, 3.8) is 0 Å². The van der Waals surface area contributed by atoms with Gasteiger partial charge in [-0.1, -0.05) is 31.6 Å². The van der Waals surface area contributed by atoms with Crippen molar-refractivity contribution in [2.45, 2.75) is 32.3 Å². The Labute approximate surface area is 73.6 Å². The van der Waals surface area contributed by atoms with Gasteiger partial charge in [0.25, 0.3) is 0 Å². The lowest BCUT2D eigenvalue weighted by Gasteiger charge is -1.98. The Hall–Kier alpha value is -0.960. The summed E-state index contributed by atoms with van der Waals surface area (Å²) < 4.78 is 0. The summed E-state index contributed by atoms with van der Waals surface area (Å²) in [6.45, 7) is 1.88. The Bertz CT molecular complexity index is 211. The van der Waals surface area contributed by atoms with E-state index in [-0.39, 0.29) is 6.61 Å². The lowest BCUT2D eigenvalue weighted by Crippen LogP contribution is -2.01. The van der Waals surface area contributed by atoms with Crippen LogP contribution in [-0.4, -0.2) is 22.9 Å². The zero-order valence-electron chi connectivity index (χ0n) is 7.30. The zero-order chi connectivity index (χ0) is 9.23.